The summed E-state index contributed by atoms with van der Waals surface area (Å²) in [6, 6.07) is 7.59. The van der Waals surface area contributed by atoms with Crippen LogP contribution in [0.2, 0.25) is 0 Å². The Morgan fingerprint density at radius 3 is 2.50 bits per heavy atom. The van der Waals surface area contributed by atoms with Gasteiger partial charge in [-0.1, -0.05) is 0 Å². The van der Waals surface area contributed by atoms with Crippen molar-refractivity contribution in [1.29, 1.82) is 0 Å². The smallest absolute Gasteiger partial charge is 0.187 e. The van der Waals surface area contributed by atoms with Gasteiger partial charge in [-0.15, -0.1) is 0 Å². The molecule has 0 saturated heterocycles. The first-order valence-corrected chi connectivity index (χ1v) is 5.64. The second-order valence-corrected chi connectivity index (χ2v) is 3.56. The first kappa shape index (κ1) is 12.7. The fourth-order valence-corrected chi connectivity index (χ4v) is 1.39. The number of nitrogens with two attached hydrogens (primary N) is 1. The zero-order chi connectivity index (χ0) is 12.0. The molecule has 0 unspecified atom stereocenters. The van der Waals surface area contributed by atoms with Crippen LogP contribution < -0.4 is 15.9 Å². The Morgan fingerprint density at radius 2 is 2.00 bits per heavy atom. The van der Waals surface area contributed by atoms with Gasteiger partial charge in [-0.3, -0.25) is 5.01 Å². The van der Waals surface area contributed by atoms with Crippen LogP contribution in [0.3, 0.4) is 0 Å². The van der Waals surface area contributed by atoms with Crippen LogP contribution in [0, 0.1) is 0 Å². The zero-order valence-corrected chi connectivity index (χ0v) is 10.4. The number of hydrazine groups is 1. The molecular formula is C11H17N3OS. The van der Waals surface area contributed by atoms with E-state index in [0.717, 1.165) is 11.4 Å². The van der Waals surface area contributed by atoms with Gasteiger partial charge in [0, 0.05) is 12.2 Å². The molecule has 88 valence electrons. The number of rotatable bonds is 4. The second kappa shape index (κ2) is 6.30. The maximum atomic E-state index is 5.65. The van der Waals surface area contributed by atoms with Crippen molar-refractivity contribution in [1.82, 2.24) is 5.01 Å². The van der Waals surface area contributed by atoms with Gasteiger partial charge in [-0.2, -0.15) is 0 Å². The van der Waals surface area contributed by atoms with E-state index in [0.29, 0.717) is 18.3 Å². The summed E-state index contributed by atoms with van der Waals surface area (Å²) in [5.74, 6) is 6.49. The van der Waals surface area contributed by atoms with Gasteiger partial charge in [0.15, 0.2) is 5.11 Å². The van der Waals surface area contributed by atoms with E-state index in [-0.39, 0.29) is 0 Å². The first-order chi connectivity index (χ1) is 7.67. The van der Waals surface area contributed by atoms with Crippen LogP contribution >= 0.6 is 12.2 Å². The molecule has 16 heavy (non-hydrogen) atoms. The highest BCUT2D eigenvalue weighted by Gasteiger charge is 2.02. The van der Waals surface area contributed by atoms with Crippen LogP contribution in [-0.4, -0.2) is 23.3 Å². The normalized spacial score (nSPS) is 9.69. The summed E-state index contributed by atoms with van der Waals surface area (Å²) in [6.45, 7) is 5.22. The number of thiocarbonyl (C=S) groups is 1. The molecule has 1 rings (SSSR count). The number of hydrogen-bond donors (Lipinski definition) is 2. The third kappa shape index (κ3) is 3.67. The molecule has 0 radical (unpaired) electrons. The summed E-state index contributed by atoms with van der Waals surface area (Å²) in [7, 11) is 0. The summed E-state index contributed by atoms with van der Waals surface area (Å²) in [5.41, 5.74) is 0.900. The number of hydrogen-bond acceptors (Lipinski definition) is 3. The zero-order valence-electron chi connectivity index (χ0n) is 9.56. The van der Waals surface area contributed by atoms with Gasteiger partial charge in [-0.25, -0.2) is 5.84 Å². The van der Waals surface area contributed by atoms with E-state index in [1.54, 1.807) is 0 Å². The van der Waals surface area contributed by atoms with Crippen molar-refractivity contribution >= 4 is 23.0 Å². The lowest BCUT2D eigenvalue weighted by Gasteiger charge is -2.18. The SMILES string of the molecule is CCOc1ccc(NC(=S)N(N)CC)cc1. The maximum Gasteiger partial charge on any atom is 0.187 e. The van der Waals surface area contributed by atoms with Crippen molar-refractivity contribution in [2.24, 2.45) is 5.84 Å². The number of nitrogens with one attached hydrogen (secondary N) is 1. The molecule has 0 saturated carbocycles. The number of benzene rings is 1. The van der Waals surface area contributed by atoms with Gasteiger partial charge < -0.3 is 10.1 Å². The Labute approximate surface area is 101 Å². The highest BCUT2D eigenvalue weighted by atomic mass is 32.1. The van der Waals surface area contributed by atoms with Crippen molar-refractivity contribution in [2.75, 3.05) is 18.5 Å². The fourth-order valence-electron chi connectivity index (χ4n) is 1.14. The molecule has 0 spiro atoms. The van der Waals surface area contributed by atoms with Gasteiger partial charge in [0.1, 0.15) is 5.75 Å². The molecule has 0 fully saturated rings. The molecule has 0 aliphatic rings. The number of ether oxygens (including phenoxy) is 1. The highest BCUT2D eigenvalue weighted by molar-refractivity contribution is 7.80. The fraction of sp³-hybridized carbons (Fsp3) is 0.364. The van der Waals surface area contributed by atoms with Gasteiger partial charge in [0.05, 0.1) is 6.61 Å². The van der Waals surface area contributed by atoms with Gasteiger partial charge in [0.25, 0.3) is 0 Å². The average Bonchev–Trinajstić information content (AvgIpc) is 2.31. The highest BCUT2D eigenvalue weighted by Crippen LogP contribution is 2.15. The van der Waals surface area contributed by atoms with Crippen LogP contribution in [0.25, 0.3) is 0 Å². The van der Waals surface area contributed by atoms with Gasteiger partial charge in [0.2, 0.25) is 0 Å². The third-order valence-electron chi connectivity index (χ3n) is 2.02. The van der Waals surface area contributed by atoms with Gasteiger partial charge >= 0.3 is 0 Å². The van der Waals surface area contributed by atoms with Crippen molar-refractivity contribution in [3.05, 3.63) is 24.3 Å². The molecule has 0 heterocycles. The predicted octanol–water partition coefficient (Wildman–Crippen LogP) is 1.98. The molecule has 0 amide bonds. The average molecular weight is 239 g/mol. The Kier molecular flexibility index (Phi) is 5.01. The molecule has 1 aromatic rings. The van der Waals surface area contributed by atoms with Crippen molar-refractivity contribution in [3.63, 3.8) is 0 Å². The van der Waals surface area contributed by atoms with Crippen LogP contribution in [0.4, 0.5) is 5.69 Å². The van der Waals surface area contributed by atoms with Crippen LogP contribution in [0.5, 0.6) is 5.75 Å². The largest absolute Gasteiger partial charge is 0.494 e. The molecular weight excluding hydrogens is 222 g/mol. The molecule has 0 aliphatic carbocycles. The Bertz CT molecular complexity index is 340. The third-order valence-corrected chi connectivity index (χ3v) is 2.35. The lowest BCUT2D eigenvalue weighted by molar-refractivity contribution is 0.340. The van der Waals surface area contributed by atoms with Crippen LogP contribution in [-0.2, 0) is 0 Å². The van der Waals surface area contributed by atoms with Crippen LogP contribution in [0.15, 0.2) is 24.3 Å². The standard InChI is InChI=1S/C11H17N3OS/c1-3-14(12)11(16)13-9-5-7-10(8-6-9)15-4-2/h5-8H,3-4,12H2,1-2H3,(H,13,16). The summed E-state index contributed by atoms with van der Waals surface area (Å²) in [4.78, 5) is 0. The molecule has 3 N–H and O–H groups in total. The Hall–Kier alpha value is -1.33. The van der Waals surface area contributed by atoms with E-state index < -0.39 is 0 Å². The summed E-state index contributed by atoms with van der Waals surface area (Å²) in [5, 5.41) is 5.02. The maximum absolute atomic E-state index is 5.65. The molecule has 1 aromatic carbocycles. The van der Waals surface area contributed by atoms with E-state index in [2.05, 4.69) is 5.32 Å². The summed E-state index contributed by atoms with van der Waals surface area (Å²) >= 11 is 5.10. The van der Waals surface area contributed by atoms with E-state index in [4.69, 9.17) is 22.8 Å². The predicted molar refractivity (Wildman–Crippen MR) is 70.4 cm³/mol. The minimum atomic E-state index is 0.506. The van der Waals surface area contributed by atoms with Crippen LogP contribution in [0.1, 0.15) is 13.8 Å². The Morgan fingerprint density at radius 1 is 1.38 bits per heavy atom. The molecule has 5 heteroatoms. The minimum Gasteiger partial charge on any atom is -0.494 e. The van der Waals surface area contributed by atoms with E-state index in [9.17, 15) is 0 Å². The Balaban J connectivity index is 2.58. The molecule has 0 atom stereocenters. The van der Waals surface area contributed by atoms with Crippen molar-refractivity contribution in [2.45, 2.75) is 13.8 Å². The quantitative estimate of drug-likeness (QED) is 0.478. The lowest BCUT2D eigenvalue weighted by atomic mass is 10.3. The van der Waals surface area contributed by atoms with Crippen molar-refractivity contribution < 1.29 is 4.74 Å². The number of anilines is 1. The molecule has 0 aromatic heterocycles. The summed E-state index contributed by atoms with van der Waals surface area (Å²) in [6.07, 6.45) is 0. The topological polar surface area (TPSA) is 50.5 Å². The second-order valence-electron chi connectivity index (χ2n) is 3.17. The van der Waals surface area contributed by atoms with Crippen molar-refractivity contribution in [3.8, 4) is 5.75 Å². The van der Waals surface area contributed by atoms with E-state index in [1.807, 2.05) is 38.1 Å². The first-order valence-electron chi connectivity index (χ1n) is 5.23. The van der Waals surface area contributed by atoms with E-state index in [1.165, 1.54) is 5.01 Å². The van der Waals surface area contributed by atoms with E-state index >= 15 is 0 Å². The molecule has 4 nitrogen and oxygen atoms in total. The van der Waals surface area contributed by atoms with Gasteiger partial charge in [-0.05, 0) is 50.3 Å². The number of nitrogens with zero attached hydrogens (tertiary/aromatic N) is 1. The summed E-state index contributed by atoms with van der Waals surface area (Å²) < 4.78 is 5.34. The molecule has 0 bridgehead atoms. The minimum absolute atomic E-state index is 0.506. The lowest BCUT2D eigenvalue weighted by Crippen LogP contribution is -2.40. The monoisotopic (exact) mass is 239 g/mol. The molecule has 0 aliphatic heterocycles.